The summed E-state index contributed by atoms with van der Waals surface area (Å²) < 4.78 is 6.47. The quantitative estimate of drug-likeness (QED) is 0.163. The molecule has 0 atom stereocenters. The lowest BCUT2D eigenvalue weighted by atomic mass is 9.95. The van der Waals surface area contributed by atoms with Crippen LogP contribution in [-0.2, 0) is 0 Å². The molecular weight excluding hydrogens is 719 g/mol. The van der Waals surface area contributed by atoms with Crippen molar-refractivity contribution in [3.63, 3.8) is 0 Å². The largest absolute Gasteiger partial charge is 0.454 e. The molecule has 59 heavy (non-hydrogen) atoms. The second kappa shape index (κ2) is 14.5. The van der Waals surface area contributed by atoms with E-state index < -0.39 is 0 Å². The first-order valence-electron chi connectivity index (χ1n) is 19.8. The Hall–Kier alpha value is -7.95. The maximum Gasteiger partial charge on any atom is 0.162 e. The highest BCUT2D eigenvalue weighted by molar-refractivity contribution is 6.21. The molecule has 0 bridgehead atoms. The van der Waals surface area contributed by atoms with Gasteiger partial charge in [-0.2, -0.15) is 0 Å². The van der Waals surface area contributed by atoms with Crippen molar-refractivity contribution in [2.75, 3.05) is 0 Å². The molecule has 0 amide bonds. The van der Waals surface area contributed by atoms with Gasteiger partial charge in [-0.25, -0.2) is 15.0 Å². The summed E-state index contributed by atoms with van der Waals surface area (Å²) in [5.41, 5.74) is 16.0. The van der Waals surface area contributed by atoms with Gasteiger partial charge in [0.05, 0.1) is 16.9 Å². The second-order valence-corrected chi connectivity index (χ2v) is 14.8. The summed E-state index contributed by atoms with van der Waals surface area (Å²) in [6.07, 6.45) is 0. The number of pyridine rings is 1. The number of para-hydroxylation sites is 1. The van der Waals surface area contributed by atoms with Crippen LogP contribution in [0.5, 0.6) is 0 Å². The molecule has 0 aliphatic rings. The van der Waals surface area contributed by atoms with Crippen molar-refractivity contribution in [2.24, 2.45) is 0 Å². The van der Waals surface area contributed by atoms with E-state index in [-0.39, 0.29) is 0 Å². The predicted molar refractivity (Wildman–Crippen MR) is 243 cm³/mol. The number of benzene rings is 8. The molecule has 11 rings (SSSR count). The Balaban J connectivity index is 0.980. The van der Waals surface area contributed by atoms with Gasteiger partial charge in [0.25, 0.3) is 0 Å². The monoisotopic (exact) mass is 753 g/mol. The molecule has 3 heterocycles. The summed E-state index contributed by atoms with van der Waals surface area (Å²) in [6, 6.07) is 73.9. The van der Waals surface area contributed by atoms with Gasteiger partial charge in [-0.15, -0.1) is 0 Å². The molecule has 0 spiro atoms. The van der Waals surface area contributed by atoms with Crippen molar-refractivity contribution in [1.82, 2.24) is 15.0 Å². The molecule has 3 aromatic heterocycles. The Kier molecular flexibility index (Phi) is 8.45. The van der Waals surface area contributed by atoms with Crippen molar-refractivity contribution in [3.05, 3.63) is 212 Å². The van der Waals surface area contributed by atoms with E-state index >= 15 is 0 Å². The Bertz CT molecular complexity index is 3300. The lowest BCUT2D eigenvalue weighted by Crippen LogP contribution is -1.96. The molecule has 0 unspecified atom stereocenters. The van der Waals surface area contributed by atoms with Gasteiger partial charge >= 0.3 is 0 Å². The minimum atomic E-state index is 0.693. The first-order chi connectivity index (χ1) is 29.2. The van der Waals surface area contributed by atoms with Gasteiger partial charge in [0.2, 0.25) is 0 Å². The van der Waals surface area contributed by atoms with E-state index in [1.165, 1.54) is 11.1 Å². The van der Waals surface area contributed by atoms with Gasteiger partial charge < -0.3 is 4.42 Å². The highest BCUT2D eigenvalue weighted by atomic mass is 16.3. The van der Waals surface area contributed by atoms with Gasteiger partial charge in [-0.05, 0) is 63.7 Å². The lowest BCUT2D eigenvalue weighted by molar-refractivity contribution is 0.669. The molecular formula is C55H35N3O. The fourth-order valence-corrected chi connectivity index (χ4v) is 8.12. The van der Waals surface area contributed by atoms with Crippen LogP contribution in [0, 0.1) is 0 Å². The van der Waals surface area contributed by atoms with Crippen molar-refractivity contribution >= 4 is 32.8 Å². The maximum absolute atomic E-state index is 6.47. The second-order valence-electron chi connectivity index (χ2n) is 14.8. The van der Waals surface area contributed by atoms with Crippen LogP contribution in [0.1, 0.15) is 0 Å². The average Bonchev–Trinajstić information content (AvgIpc) is 3.72. The zero-order valence-corrected chi connectivity index (χ0v) is 32.0. The molecule has 0 N–H and O–H groups in total. The molecule has 276 valence electrons. The number of hydrogen-bond donors (Lipinski definition) is 0. The topological polar surface area (TPSA) is 51.8 Å². The number of hydrogen-bond acceptors (Lipinski definition) is 4. The third-order valence-electron chi connectivity index (χ3n) is 11.1. The van der Waals surface area contributed by atoms with Gasteiger partial charge in [0.15, 0.2) is 11.4 Å². The van der Waals surface area contributed by atoms with Gasteiger partial charge in [-0.1, -0.05) is 182 Å². The smallest absolute Gasteiger partial charge is 0.162 e. The number of nitrogens with zero attached hydrogens (tertiary/aromatic N) is 3. The Morgan fingerprint density at radius 2 is 0.797 bits per heavy atom. The van der Waals surface area contributed by atoms with Crippen LogP contribution in [-0.4, -0.2) is 15.0 Å². The predicted octanol–water partition coefficient (Wildman–Crippen LogP) is 14.6. The Morgan fingerprint density at radius 3 is 1.49 bits per heavy atom. The summed E-state index contributed by atoms with van der Waals surface area (Å²) in [7, 11) is 0. The molecule has 0 aliphatic carbocycles. The van der Waals surface area contributed by atoms with E-state index in [4.69, 9.17) is 19.4 Å². The van der Waals surface area contributed by atoms with Crippen molar-refractivity contribution in [2.45, 2.75) is 0 Å². The number of rotatable bonds is 7. The summed E-state index contributed by atoms with van der Waals surface area (Å²) in [4.78, 5) is 15.5. The standard InChI is InChI=1S/C55H35N3O/c1-4-14-36(15-5-1)37-26-28-38(29-27-37)48-35-49(58-55(57-48)40-18-8-3-9-19-40)45-23-13-22-43(33-45)41-20-12-21-42(32-41)44-30-31-46-50(34-44)56-53(39-16-6-2-7-17-39)54-52(46)47-24-10-11-25-51(47)59-54/h1-35H. The van der Waals surface area contributed by atoms with E-state index in [1.807, 2.05) is 54.6 Å². The van der Waals surface area contributed by atoms with Gasteiger partial charge in [-0.3, -0.25) is 0 Å². The van der Waals surface area contributed by atoms with Crippen LogP contribution < -0.4 is 0 Å². The third kappa shape index (κ3) is 6.43. The number of fused-ring (bicyclic) bond motifs is 5. The van der Waals surface area contributed by atoms with E-state index in [0.717, 1.165) is 94.4 Å². The molecule has 11 aromatic rings. The highest BCUT2D eigenvalue weighted by Crippen LogP contribution is 2.41. The number of furan rings is 1. The number of aromatic nitrogens is 3. The molecule has 0 radical (unpaired) electrons. The third-order valence-corrected chi connectivity index (χ3v) is 11.1. The fraction of sp³-hybridized carbons (Fsp3) is 0. The van der Waals surface area contributed by atoms with Crippen molar-refractivity contribution in [1.29, 1.82) is 0 Å². The summed E-state index contributed by atoms with van der Waals surface area (Å²) >= 11 is 0. The van der Waals surface area contributed by atoms with Crippen LogP contribution in [0.4, 0.5) is 0 Å². The van der Waals surface area contributed by atoms with Crippen LogP contribution in [0.15, 0.2) is 217 Å². The van der Waals surface area contributed by atoms with Gasteiger partial charge in [0.1, 0.15) is 11.3 Å². The van der Waals surface area contributed by atoms with Crippen LogP contribution in [0.3, 0.4) is 0 Å². The van der Waals surface area contributed by atoms with Crippen LogP contribution in [0.25, 0.3) is 111 Å². The minimum Gasteiger partial charge on any atom is -0.454 e. The van der Waals surface area contributed by atoms with E-state index in [9.17, 15) is 0 Å². The minimum absolute atomic E-state index is 0.693. The molecule has 4 heteroatoms. The average molecular weight is 754 g/mol. The summed E-state index contributed by atoms with van der Waals surface area (Å²) in [5.74, 6) is 0.693. The van der Waals surface area contributed by atoms with E-state index in [0.29, 0.717) is 5.82 Å². The SMILES string of the molecule is c1ccc(-c2ccc(-c3cc(-c4cccc(-c5cccc(-c6ccc7c(c6)nc(-c6ccccc6)c6oc8ccccc8c67)c5)c4)nc(-c4ccccc4)n3)cc2)cc1. The van der Waals surface area contributed by atoms with E-state index in [1.54, 1.807) is 0 Å². The molecule has 0 fully saturated rings. The molecule has 0 saturated heterocycles. The molecule has 4 nitrogen and oxygen atoms in total. The normalized spacial score (nSPS) is 11.4. The van der Waals surface area contributed by atoms with E-state index in [2.05, 4.69) is 158 Å². The zero-order valence-electron chi connectivity index (χ0n) is 32.0. The van der Waals surface area contributed by atoms with Crippen LogP contribution in [0.2, 0.25) is 0 Å². The highest BCUT2D eigenvalue weighted by Gasteiger charge is 2.18. The first-order valence-corrected chi connectivity index (χ1v) is 19.8. The molecule has 0 saturated carbocycles. The van der Waals surface area contributed by atoms with Crippen molar-refractivity contribution in [3.8, 4) is 78.5 Å². The first kappa shape index (κ1) is 34.3. The Morgan fingerprint density at radius 1 is 0.305 bits per heavy atom. The summed E-state index contributed by atoms with van der Waals surface area (Å²) in [6.45, 7) is 0. The summed E-state index contributed by atoms with van der Waals surface area (Å²) in [5, 5.41) is 3.26. The molecule has 8 aromatic carbocycles. The molecule has 0 aliphatic heterocycles. The zero-order chi connectivity index (χ0) is 39.1. The fourth-order valence-electron chi connectivity index (χ4n) is 8.12. The van der Waals surface area contributed by atoms with Crippen molar-refractivity contribution < 1.29 is 4.42 Å². The lowest BCUT2D eigenvalue weighted by Gasteiger charge is -2.12. The Labute approximate surface area is 341 Å². The van der Waals surface area contributed by atoms with Crippen LogP contribution >= 0.6 is 0 Å². The maximum atomic E-state index is 6.47. The van der Waals surface area contributed by atoms with Gasteiger partial charge in [0, 0.05) is 38.4 Å².